The van der Waals surface area contributed by atoms with Crippen molar-refractivity contribution in [3.8, 4) is 0 Å². The minimum atomic E-state index is -4.45. The number of H-pyrrole nitrogens is 1. The highest BCUT2D eigenvalue weighted by Crippen LogP contribution is 2.33. The molecule has 0 saturated carbocycles. The summed E-state index contributed by atoms with van der Waals surface area (Å²) in [6, 6.07) is 4.23. The minimum absolute atomic E-state index is 0.00231. The van der Waals surface area contributed by atoms with E-state index in [9.17, 15) is 13.2 Å². The van der Waals surface area contributed by atoms with Gasteiger partial charge < -0.3 is 5.73 Å². The Morgan fingerprint density at radius 3 is 2.64 bits per heavy atom. The third-order valence-corrected chi connectivity index (χ3v) is 1.86. The van der Waals surface area contributed by atoms with E-state index in [1.807, 2.05) is 0 Å². The fourth-order valence-corrected chi connectivity index (χ4v) is 1.25. The van der Waals surface area contributed by atoms with Crippen molar-refractivity contribution < 1.29 is 13.2 Å². The minimum Gasteiger partial charge on any atom is -0.399 e. The predicted octanol–water partition coefficient (Wildman–Crippen LogP) is 2.16. The lowest BCUT2D eigenvalue weighted by Gasteiger charge is -2.02. The second kappa shape index (κ2) is 2.63. The Kier molecular flexibility index (Phi) is 1.67. The summed E-state index contributed by atoms with van der Waals surface area (Å²) in [5.41, 5.74) is 5.06. The van der Waals surface area contributed by atoms with E-state index in [2.05, 4.69) is 10.2 Å². The van der Waals surface area contributed by atoms with E-state index in [0.29, 0.717) is 5.52 Å². The first-order valence-electron chi connectivity index (χ1n) is 3.79. The number of nitrogen functional groups attached to an aromatic ring is 1. The first kappa shape index (κ1) is 8.86. The summed E-state index contributed by atoms with van der Waals surface area (Å²) >= 11 is 0. The van der Waals surface area contributed by atoms with Crippen LogP contribution in [-0.2, 0) is 6.18 Å². The number of aromatic amines is 1. The molecule has 0 unspecified atom stereocenters. The number of benzene rings is 1. The smallest absolute Gasteiger partial charge is 0.399 e. The number of rotatable bonds is 0. The lowest BCUT2D eigenvalue weighted by Crippen LogP contribution is -2.05. The molecule has 0 saturated heterocycles. The number of hydrogen-bond acceptors (Lipinski definition) is 2. The van der Waals surface area contributed by atoms with E-state index < -0.39 is 11.9 Å². The number of fused-ring (bicyclic) bond motifs is 1. The molecule has 2 rings (SSSR count). The molecule has 1 aromatic heterocycles. The molecule has 0 aliphatic carbocycles. The van der Waals surface area contributed by atoms with Crippen LogP contribution < -0.4 is 5.73 Å². The van der Waals surface area contributed by atoms with Crippen molar-refractivity contribution in [1.29, 1.82) is 0 Å². The number of aromatic nitrogens is 2. The van der Waals surface area contributed by atoms with Crippen LogP contribution >= 0.6 is 0 Å². The molecule has 0 fully saturated rings. The van der Waals surface area contributed by atoms with Gasteiger partial charge in [-0.1, -0.05) is 0 Å². The fraction of sp³-hybridized carbons (Fsp3) is 0.125. The molecule has 1 aromatic carbocycles. The summed E-state index contributed by atoms with van der Waals surface area (Å²) in [6.07, 6.45) is -4.45. The van der Waals surface area contributed by atoms with Gasteiger partial charge in [0.25, 0.3) is 0 Å². The molecule has 1 heterocycles. The van der Waals surface area contributed by atoms with Crippen LogP contribution in [-0.4, -0.2) is 10.2 Å². The first-order valence-corrected chi connectivity index (χ1v) is 3.79. The third kappa shape index (κ3) is 1.28. The second-order valence-electron chi connectivity index (χ2n) is 2.87. The van der Waals surface area contributed by atoms with Crippen LogP contribution in [0, 0.1) is 0 Å². The average molecular weight is 201 g/mol. The number of halogens is 3. The van der Waals surface area contributed by atoms with Gasteiger partial charge in [-0.2, -0.15) is 18.3 Å². The molecule has 3 nitrogen and oxygen atoms in total. The molecular formula is C8H6F3N3. The van der Waals surface area contributed by atoms with Crippen molar-refractivity contribution in [2.45, 2.75) is 6.18 Å². The zero-order chi connectivity index (χ0) is 10.3. The van der Waals surface area contributed by atoms with E-state index in [1.165, 1.54) is 18.2 Å². The van der Waals surface area contributed by atoms with Crippen LogP contribution in [0.3, 0.4) is 0 Å². The van der Waals surface area contributed by atoms with Gasteiger partial charge in [0, 0.05) is 11.1 Å². The zero-order valence-corrected chi connectivity index (χ0v) is 6.89. The Bertz CT molecular complexity index is 472. The first-order chi connectivity index (χ1) is 6.48. The van der Waals surface area contributed by atoms with Crippen molar-refractivity contribution in [3.05, 3.63) is 23.9 Å². The molecular weight excluding hydrogens is 195 g/mol. The third-order valence-electron chi connectivity index (χ3n) is 1.86. The van der Waals surface area contributed by atoms with E-state index in [0.717, 1.165) is 0 Å². The number of anilines is 1. The SMILES string of the molecule is Nc1ccc2[nH]nc(C(F)(F)F)c2c1. The number of nitrogens with zero attached hydrogens (tertiary/aromatic N) is 1. The number of alkyl halides is 3. The molecule has 0 amide bonds. The highest BCUT2D eigenvalue weighted by Gasteiger charge is 2.35. The lowest BCUT2D eigenvalue weighted by molar-refractivity contribution is -0.139. The maximum Gasteiger partial charge on any atom is 0.435 e. The van der Waals surface area contributed by atoms with Gasteiger partial charge in [-0.25, -0.2) is 0 Å². The Morgan fingerprint density at radius 1 is 1.29 bits per heavy atom. The summed E-state index contributed by atoms with van der Waals surface area (Å²) in [7, 11) is 0. The van der Waals surface area contributed by atoms with Gasteiger partial charge in [0.2, 0.25) is 0 Å². The van der Waals surface area contributed by atoms with Gasteiger partial charge in [-0.15, -0.1) is 0 Å². The maximum atomic E-state index is 12.4. The highest BCUT2D eigenvalue weighted by molar-refractivity contribution is 5.84. The quantitative estimate of drug-likeness (QED) is 0.641. The van der Waals surface area contributed by atoms with Gasteiger partial charge in [-0.3, -0.25) is 5.10 Å². The molecule has 2 aromatic rings. The van der Waals surface area contributed by atoms with Gasteiger partial charge in [-0.05, 0) is 18.2 Å². The van der Waals surface area contributed by atoms with Crippen LogP contribution in [0.5, 0.6) is 0 Å². The van der Waals surface area contributed by atoms with Gasteiger partial charge >= 0.3 is 6.18 Å². The van der Waals surface area contributed by atoms with Gasteiger partial charge in [0.15, 0.2) is 5.69 Å². The molecule has 0 spiro atoms. The number of nitrogens with two attached hydrogens (primary N) is 1. The lowest BCUT2D eigenvalue weighted by atomic mass is 10.2. The molecule has 6 heteroatoms. The molecule has 0 aliphatic heterocycles. The van der Waals surface area contributed by atoms with Crippen LogP contribution in [0.4, 0.5) is 18.9 Å². The van der Waals surface area contributed by atoms with E-state index in [-0.39, 0.29) is 11.1 Å². The molecule has 0 bridgehead atoms. The Morgan fingerprint density at radius 2 is 2.00 bits per heavy atom. The molecule has 0 aliphatic rings. The number of hydrogen-bond donors (Lipinski definition) is 2. The topological polar surface area (TPSA) is 54.7 Å². The summed E-state index contributed by atoms with van der Waals surface area (Å²) in [6.45, 7) is 0. The summed E-state index contributed by atoms with van der Waals surface area (Å²) < 4.78 is 37.1. The second-order valence-corrected chi connectivity index (χ2v) is 2.87. The summed E-state index contributed by atoms with van der Waals surface area (Å²) in [5, 5.41) is 5.50. The standard InChI is InChI=1S/C8H6F3N3/c9-8(10,11)7-5-3-4(12)1-2-6(5)13-14-7/h1-3H,12H2,(H,13,14). The summed E-state index contributed by atoms with van der Waals surface area (Å²) in [5.74, 6) is 0. The van der Waals surface area contributed by atoms with Crippen LogP contribution in [0.2, 0.25) is 0 Å². The van der Waals surface area contributed by atoms with Crippen LogP contribution in [0.15, 0.2) is 18.2 Å². The van der Waals surface area contributed by atoms with Crippen LogP contribution in [0.25, 0.3) is 10.9 Å². The summed E-state index contributed by atoms with van der Waals surface area (Å²) in [4.78, 5) is 0. The monoisotopic (exact) mass is 201 g/mol. The molecule has 0 atom stereocenters. The fourth-order valence-electron chi connectivity index (χ4n) is 1.25. The highest BCUT2D eigenvalue weighted by atomic mass is 19.4. The van der Waals surface area contributed by atoms with Crippen molar-refractivity contribution in [3.63, 3.8) is 0 Å². The molecule has 0 radical (unpaired) electrons. The Hall–Kier alpha value is -1.72. The molecule has 14 heavy (non-hydrogen) atoms. The predicted molar refractivity (Wildman–Crippen MR) is 45.5 cm³/mol. The van der Waals surface area contributed by atoms with Gasteiger partial charge in [0.1, 0.15) is 0 Å². The van der Waals surface area contributed by atoms with E-state index in [1.54, 1.807) is 0 Å². The Balaban J connectivity index is 2.73. The molecule has 3 N–H and O–H groups in total. The van der Waals surface area contributed by atoms with Crippen molar-refractivity contribution >= 4 is 16.6 Å². The van der Waals surface area contributed by atoms with Crippen molar-refractivity contribution in [2.24, 2.45) is 0 Å². The molecule has 74 valence electrons. The van der Waals surface area contributed by atoms with E-state index in [4.69, 9.17) is 5.73 Å². The zero-order valence-electron chi connectivity index (χ0n) is 6.89. The Labute approximate surface area is 76.7 Å². The van der Waals surface area contributed by atoms with Gasteiger partial charge in [0.05, 0.1) is 5.52 Å². The van der Waals surface area contributed by atoms with Crippen molar-refractivity contribution in [2.75, 3.05) is 5.73 Å². The van der Waals surface area contributed by atoms with Crippen molar-refractivity contribution in [1.82, 2.24) is 10.2 Å². The van der Waals surface area contributed by atoms with Crippen LogP contribution in [0.1, 0.15) is 5.69 Å². The average Bonchev–Trinajstić information content (AvgIpc) is 2.45. The maximum absolute atomic E-state index is 12.4. The largest absolute Gasteiger partial charge is 0.435 e. The normalized spacial score (nSPS) is 12.2. The van der Waals surface area contributed by atoms with E-state index >= 15 is 0 Å². The number of nitrogens with one attached hydrogen (secondary N) is 1.